The Morgan fingerprint density at radius 3 is 2.91 bits per heavy atom. The molecule has 0 unspecified atom stereocenters. The lowest BCUT2D eigenvalue weighted by Crippen LogP contribution is -1.93. The zero-order valence-corrected chi connectivity index (χ0v) is 12.4. The number of fused-ring (bicyclic) bond motifs is 1. The van der Waals surface area contributed by atoms with Gasteiger partial charge in [0.15, 0.2) is 0 Å². The van der Waals surface area contributed by atoms with Gasteiger partial charge in [-0.3, -0.25) is 10.1 Å². The number of benzene rings is 2. The first-order chi connectivity index (χ1) is 10.7. The summed E-state index contributed by atoms with van der Waals surface area (Å²) in [7, 11) is 1.61. The average molecular weight is 313 g/mol. The van der Waals surface area contributed by atoms with Crippen molar-refractivity contribution in [2.45, 2.75) is 0 Å². The third kappa shape index (κ3) is 2.79. The van der Waals surface area contributed by atoms with Gasteiger partial charge in [0.25, 0.3) is 5.69 Å². The molecular formula is C15H11N3O3S. The number of methoxy groups -OCH3 is 1. The maximum Gasteiger partial charge on any atom is 0.278 e. The molecule has 1 aromatic heterocycles. The monoisotopic (exact) mass is 313 g/mol. The maximum absolute atomic E-state index is 11.0. The van der Waals surface area contributed by atoms with Crippen LogP contribution in [-0.4, -0.2) is 23.2 Å². The SMILES string of the molecule is COc1ccc2nc(/N=C\c3ccccc3[N+](=O)[O-])sc2c1. The fourth-order valence-corrected chi connectivity index (χ4v) is 2.80. The molecular weight excluding hydrogens is 302 g/mol. The number of rotatable bonds is 4. The molecule has 0 saturated carbocycles. The predicted octanol–water partition coefficient (Wildman–Crippen LogP) is 3.96. The largest absolute Gasteiger partial charge is 0.497 e. The predicted molar refractivity (Wildman–Crippen MR) is 86.5 cm³/mol. The standard InChI is InChI=1S/C15H11N3O3S/c1-21-11-6-7-12-14(8-11)22-15(17-12)16-9-10-4-2-3-5-13(10)18(19)20/h2-9H,1H3/b16-9-. The van der Waals surface area contributed by atoms with E-state index in [9.17, 15) is 10.1 Å². The Morgan fingerprint density at radius 1 is 1.32 bits per heavy atom. The number of aliphatic imine (C=N–C) groups is 1. The van der Waals surface area contributed by atoms with E-state index >= 15 is 0 Å². The lowest BCUT2D eigenvalue weighted by molar-refractivity contribution is -0.385. The van der Waals surface area contributed by atoms with Crippen molar-refractivity contribution < 1.29 is 9.66 Å². The molecule has 0 atom stereocenters. The number of ether oxygens (including phenoxy) is 1. The molecule has 1 heterocycles. The molecule has 110 valence electrons. The summed E-state index contributed by atoms with van der Waals surface area (Å²) < 4.78 is 6.12. The molecule has 3 rings (SSSR count). The summed E-state index contributed by atoms with van der Waals surface area (Å²) in [6.45, 7) is 0. The minimum absolute atomic E-state index is 0.0223. The molecule has 7 heteroatoms. The highest BCUT2D eigenvalue weighted by atomic mass is 32.1. The van der Waals surface area contributed by atoms with Crippen LogP contribution in [0, 0.1) is 10.1 Å². The van der Waals surface area contributed by atoms with E-state index in [1.54, 1.807) is 25.3 Å². The van der Waals surface area contributed by atoms with Gasteiger partial charge in [-0.15, -0.1) is 0 Å². The van der Waals surface area contributed by atoms with Crippen molar-refractivity contribution in [2.24, 2.45) is 4.99 Å². The van der Waals surface area contributed by atoms with Gasteiger partial charge in [0.2, 0.25) is 5.13 Å². The molecule has 0 aliphatic heterocycles. The first-order valence-electron chi connectivity index (χ1n) is 6.39. The highest BCUT2D eigenvalue weighted by molar-refractivity contribution is 7.22. The minimum Gasteiger partial charge on any atom is -0.497 e. The molecule has 0 fully saturated rings. The molecule has 0 saturated heterocycles. The van der Waals surface area contributed by atoms with E-state index in [0.717, 1.165) is 16.0 Å². The number of nitro groups is 1. The third-order valence-corrected chi connectivity index (χ3v) is 3.96. The van der Waals surface area contributed by atoms with Gasteiger partial charge in [-0.1, -0.05) is 23.5 Å². The highest BCUT2D eigenvalue weighted by Crippen LogP contribution is 2.31. The first kappa shape index (κ1) is 14.2. The van der Waals surface area contributed by atoms with Crippen LogP contribution in [0.4, 0.5) is 10.8 Å². The van der Waals surface area contributed by atoms with E-state index < -0.39 is 4.92 Å². The van der Waals surface area contributed by atoms with Gasteiger partial charge >= 0.3 is 0 Å². The van der Waals surface area contributed by atoms with Crippen LogP contribution in [0.5, 0.6) is 5.75 Å². The minimum atomic E-state index is -0.426. The highest BCUT2D eigenvalue weighted by Gasteiger charge is 2.10. The Labute approximate surface area is 129 Å². The first-order valence-corrected chi connectivity index (χ1v) is 7.21. The quantitative estimate of drug-likeness (QED) is 0.415. The van der Waals surface area contributed by atoms with Gasteiger partial charge in [-0.05, 0) is 24.3 Å². The molecule has 0 N–H and O–H groups in total. The second-order valence-corrected chi connectivity index (χ2v) is 5.41. The van der Waals surface area contributed by atoms with Crippen molar-refractivity contribution in [1.82, 2.24) is 4.98 Å². The third-order valence-electron chi connectivity index (χ3n) is 3.03. The van der Waals surface area contributed by atoms with Gasteiger partial charge < -0.3 is 4.74 Å². The Hall–Kier alpha value is -2.80. The number of thiazole rings is 1. The molecule has 0 radical (unpaired) electrons. The van der Waals surface area contributed by atoms with Crippen molar-refractivity contribution in [3.63, 3.8) is 0 Å². The Balaban J connectivity index is 1.94. The number of nitro benzene ring substituents is 1. The fourth-order valence-electron chi connectivity index (χ4n) is 1.96. The second kappa shape index (κ2) is 5.90. The van der Waals surface area contributed by atoms with Crippen LogP contribution in [0.2, 0.25) is 0 Å². The lowest BCUT2D eigenvalue weighted by Gasteiger charge is -1.96. The number of aromatic nitrogens is 1. The molecule has 6 nitrogen and oxygen atoms in total. The summed E-state index contributed by atoms with van der Waals surface area (Å²) in [5, 5.41) is 11.5. The van der Waals surface area contributed by atoms with E-state index in [4.69, 9.17) is 4.74 Å². The van der Waals surface area contributed by atoms with Gasteiger partial charge in [0, 0.05) is 12.3 Å². The maximum atomic E-state index is 11.0. The topological polar surface area (TPSA) is 77.6 Å². The molecule has 0 aliphatic carbocycles. The molecule has 22 heavy (non-hydrogen) atoms. The Kier molecular flexibility index (Phi) is 3.80. The van der Waals surface area contributed by atoms with Crippen LogP contribution >= 0.6 is 11.3 Å². The number of hydrogen-bond acceptors (Lipinski definition) is 6. The summed E-state index contributed by atoms with van der Waals surface area (Å²) in [6.07, 6.45) is 1.47. The van der Waals surface area contributed by atoms with Crippen LogP contribution in [0.25, 0.3) is 10.2 Å². The van der Waals surface area contributed by atoms with Crippen LogP contribution < -0.4 is 4.74 Å². The van der Waals surface area contributed by atoms with Crippen LogP contribution in [0.15, 0.2) is 47.5 Å². The van der Waals surface area contributed by atoms with Crippen molar-refractivity contribution in [1.29, 1.82) is 0 Å². The number of para-hydroxylation sites is 1. The normalized spacial score (nSPS) is 11.1. The van der Waals surface area contributed by atoms with Crippen LogP contribution in [0.1, 0.15) is 5.56 Å². The zero-order valence-electron chi connectivity index (χ0n) is 11.6. The average Bonchev–Trinajstić information content (AvgIpc) is 2.94. The van der Waals surface area contributed by atoms with Gasteiger partial charge in [-0.25, -0.2) is 9.98 Å². The summed E-state index contributed by atoms with van der Waals surface area (Å²) in [5.74, 6) is 0.755. The second-order valence-electron chi connectivity index (χ2n) is 4.40. The Morgan fingerprint density at radius 2 is 2.14 bits per heavy atom. The summed E-state index contributed by atoms with van der Waals surface area (Å²) in [4.78, 5) is 19.2. The van der Waals surface area contributed by atoms with E-state index in [0.29, 0.717) is 10.7 Å². The molecule has 3 aromatic rings. The number of hydrogen-bond donors (Lipinski definition) is 0. The molecule has 0 spiro atoms. The van der Waals surface area contributed by atoms with Gasteiger partial charge in [-0.2, -0.15) is 0 Å². The molecule has 0 aliphatic rings. The van der Waals surface area contributed by atoms with E-state index in [1.807, 2.05) is 18.2 Å². The Bertz CT molecular complexity index is 873. The lowest BCUT2D eigenvalue weighted by atomic mass is 10.2. The van der Waals surface area contributed by atoms with Gasteiger partial charge in [0.05, 0.1) is 27.8 Å². The molecule has 2 aromatic carbocycles. The van der Waals surface area contributed by atoms with E-state index in [1.165, 1.54) is 23.6 Å². The number of nitrogens with zero attached hydrogens (tertiary/aromatic N) is 3. The molecule has 0 bridgehead atoms. The van der Waals surface area contributed by atoms with Crippen LogP contribution in [-0.2, 0) is 0 Å². The summed E-state index contributed by atoms with van der Waals surface area (Å²) in [6, 6.07) is 12.0. The van der Waals surface area contributed by atoms with Crippen LogP contribution in [0.3, 0.4) is 0 Å². The van der Waals surface area contributed by atoms with Crippen molar-refractivity contribution >= 4 is 38.6 Å². The van der Waals surface area contributed by atoms with Gasteiger partial charge in [0.1, 0.15) is 5.75 Å². The van der Waals surface area contributed by atoms with Crippen molar-refractivity contribution in [2.75, 3.05) is 7.11 Å². The van der Waals surface area contributed by atoms with Crippen molar-refractivity contribution in [3.05, 3.63) is 58.1 Å². The zero-order chi connectivity index (χ0) is 15.5. The smallest absolute Gasteiger partial charge is 0.278 e. The summed E-state index contributed by atoms with van der Waals surface area (Å²) in [5.41, 5.74) is 1.29. The molecule has 0 amide bonds. The summed E-state index contributed by atoms with van der Waals surface area (Å²) >= 11 is 1.40. The fraction of sp³-hybridized carbons (Fsp3) is 0.0667. The van der Waals surface area contributed by atoms with E-state index in [-0.39, 0.29) is 5.69 Å². The van der Waals surface area contributed by atoms with E-state index in [2.05, 4.69) is 9.98 Å². The van der Waals surface area contributed by atoms with Crippen molar-refractivity contribution in [3.8, 4) is 5.75 Å².